The molecule has 1 unspecified atom stereocenters. The first-order valence-electron chi connectivity index (χ1n) is 4.96. The third-order valence-electron chi connectivity index (χ3n) is 2.30. The van der Waals surface area contributed by atoms with Gasteiger partial charge in [-0.25, -0.2) is 0 Å². The molecular weight excluding hydrogens is 176 g/mol. The second-order valence-corrected chi connectivity index (χ2v) is 3.50. The van der Waals surface area contributed by atoms with Gasteiger partial charge in [-0.3, -0.25) is 4.79 Å². The molecule has 1 aromatic rings. The molecule has 0 aromatic heterocycles. The Bertz CT molecular complexity index is 280. The monoisotopic (exact) mass is 192 g/mol. The van der Waals surface area contributed by atoms with Crippen molar-refractivity contribution in [2.75, 3.05) is 6.61 Å². The van der Waals surface area contributed by atoms with Gasteiger partial charge < -0.3 is 5.11 Å². The van der Waals surface area contributed by atoms with E-state index >= 15 is 0 Å². The number of carbonyl (C=O) groups excluding carboxylic acids is 1. The molecular formula is C12H16O2. The molecule has 0 aliphatic rings. The predicted molar refractivity (Wildman–Crippen MR) is 56.3 cm³/mol. The van der Waals surface area contributed by atoms with Crippen molar-refractivity contribution in [3.8, 4) is 0 Å². The van der Waals surface area contributed by atoms with Crippen LogP contribution >= 0.6 is 0 Å². The maximum absolute atomic E-state index is 11.8. The highest BCUT2D eigenvalue weighted by molar-refractivity contribution is 5.97. The van der Waals surface area contributed by atoms with Crippen LogP contribution in [0.2, 0.25) is 0 Å². The number of Topliss-reactive ketones (excluding diaryl/α,β-unsaturated/α-hetero) is 1. The lowest BCUT2D eigenvalue weighted by Gasteiger charge is -2.08. The summed E-state index contributed by atoms with van der Waals surface area (Å²) in [6, 6.07) is 9.29. The minimum Gasteiger partial charge on any atom is -0.396 e. The summed E-state index contributed by atoms with van der Waals surface area (Å²) in [5.41, 5.74) is 0.762. The van der Waals surface area contributed by atoms with Crippen molar-refractivity contribution in [1.82, 2.24) is 0 Å². The summed E-state index contributed by atoms with van der Waals surface area (Å²) in [5.74, 6) is 0.170. The summed E-state index contributed by atoms with van der Waals surface area (Å²) in [4.78, 5) is 11.8. The van der Waals surface area contributed by atoms with Crippen LogP contribution in [-0.4, -0.2) is 17.5 Å². The Labute approximate surface area is 84.6 Å². The van der Waals surface area contributed by atoms with Crippen molar-refractivity contribution in [2.24, 2.45) is 5.92 Å². The molecule has 1 rings (SSSR count). The summed E-state index contributed by atoms with van der Waals surface area (Å²) in [6.45, 7) is 2.07. The number of aliphatic hydroxyl groups is 1. The van der Waals surface area contributed by atoms with Crippen molar-refractivity contribution in [1.29, 1.82) is 0 Å². The number of ketones is 1. The fraction of sp³-hybridized carbons (Fsp3) is 0.417. The molecule has 0 saturated carbocycles. The lowest BCUT2D eigenvalue weighted by molar-refractivity contribution is 0.0919. The van der Waals surface area contributed by atoms with Crippen LogP contribution in [0.3, 0.4) is 0 Å². The smallest absolute Gasteiger partial charge is 0.165 e. The maximum atomic E-state index is 11.8. The average molecular weight is 192 g/mol. The molecule has 0 heterocycles. The number of rotatable bonds is 5. The molecule has 0 aliphatic heterocycles. The minimum atomic E-state index is 0.00421. The Morgan fingerprint density at radius 3 is 2.57 bits per heavy atom. The van der Waals surface area contributed by atoms with Crippen molar-refractivity contribution < 1.29 is 9.90 Å². The first-order chi connectivity index (χ1) is 6.75. The lowest BCUT2D eigenvalue weighted by Crippen LogP contribution is -2.11. The fourth-order valence-corrected chi connectivity index (χ4v) is 1.42. The Hall–Kier alpha value is -1.15. The molecule has 2 nitrogen and oxygen atoms in total. The third-order valence-corrected chi connectivity index (χ3v) is 2.30. The van der Waals surface area contributed by atoms with Crippen LogP contribution in [0.15, 0.2) is 30.3 Å². The third kappa shape index (κ3) is 2.96. The summed E-state index contributed by atoms with van der Waals surface area (Å²) in [6.07, 6.45) is 1.45. The van der Waals surface area contributed by atoms with E-state index in [0.717, 1.165) is 12.0 Å². The quantitative estimate of drug-likeness (QED) is 0.727. The van der Waals surface area contributed by atoms with Crippen LogP contribution in [0, 0.1) is 5.92 Å². The summed E-state index contributed by atoms with van der Waals surface area (Å²) >= 11 is 0. The van der Waals surface area contributed by atoms with E-state index < -0.39 is 0 Å². The van der Waals surface area contributed by atoms with Gasteiger partial charge in [0.15, 0.2) is 5.78 Å². The molecule has 76 valence electrons. The van der Waals surface area contributed by atoms with Crippen LogP contribution in [0.25, 0.3) is 0 Å². The zero-order chi connectivity index (χ0) is 10.4. The molecule has 1 atom stereocenters. The molecule has 0 radical (unpaired) electrons. The normalized spacial score (nSPS) is 12.4. The lowest BCUT2D eigenvalue weighted by atomic mass is 9.95. The minimum absolute atomic E-state index is 0.00421. The second-order valence-electron chi connectivity index (χ2n) is 3.50. The average Bonchev–Trinajstić information content (AvgIpc) is 2.26. The van der Waals surface area contributed by atoms with Gasteiger partial charge in [0.2, 0.25) is 0 Å². The zero-order valence-corrected chi connectivity index (χ0v) is 8.44. The Morgan fingerprint density at radius 2 is 2.00 bits per heavy atom. The highest BCUT2D eigenvalue weighted by Crippen LogP contribution is 2.13. The molecule has 0 spiro atoms. The van der Waals surface area contributed by atoms with Gasteiger partial charge in [0, 0.05) is 18.1 Å². The molecule has 1 N–H and O–H groups in total. The number of hydrogen-bond acceptors (Lipinski definition) is 2. The number of benzene rings is 1. The van der Waals surface area contributed by atoms with Crippen LogP contribution in [0.1, 0.15) is 30.1 Å². The molecule has 1 aromatic carbocycles. The highest BCUT2D eigenvalue weighted by atomic mass is 16.2. The van der Waals surface area contributed by atoms with Crippen LogP contribution in [0.5, 0.6) is 0 Å². The van der Waals surface area contributed by atoms with Crippen LogP contribution < -0.4 is 0 Å². The van der Waals surface area contributed by atoms with Gasteiger partial charge in [0.25, 0.3) is 0 Å². The van der Waals surface area contributed by atoms with Crippen molar-refractivity contribution >= 4 is 5.78 Å². The summed E-state index contributed by atoms with van der Waals surface area (Å²) in [7, 11) is 0. The molecule has 0 bridgehead atoms. The van der Waals surface area contributed by atoms with Gasteiger partial charge in [-0.05, 0) is 12.8 Å². The Balaban J connectivity index is 2.57. The van der Waals surface area contributed by atoms with E-state index in [0.29, 0.717) is 6.42 Å². The van der Waals surface area contributed by atoms with E-state index in [-0.39, 0.29) is 18.3 Å². The molecule has 0 saturated heterocycles. The van der Waals surface area contributed by atoms with Gasteiger partial charge in [-0.1, -0.05) is 37.3 Å². The van der Waals surface area contributed by atoms with Crippen LogP contribution in [-0.2, 0) is 0 Å². The van der Waals surface area contributed by atoms with Gasteiger partial charge in [-0.15, -0.1) is 0 Å². The number of carbonyl (C=O) groups is 1. The van der Waals surface area contributed by atoms with E-state index in [1.54, 1.807) is 0 Å². The topological polar surface area (TPSA) is 37.3 Å². The van der Waals surface area contributed by atoms with E-state index in [9.17, 15) is 4.79 Å². The summed E-state index contributed by atoms with van der Waals surface area (Å²) in [5, 5.41) is 8.66. The number of aliphatic hydroxyl groups excluding tert-OH is 1. The molecule has 0 amide bonds. The predicted octanol–water partition coefficient (Wildman–Crippen LogP) is 2.28. The van der Waals surface area contributed by atoms with E-state index in [1.807, 2.05) is 37.3 Å². The molecule has 0 aliphatic carbocycles. The van der Waals surface area contributed by atoms with Gasteiger partial charge in [0.1, 0.15) is 0 Å². The molecule has 0 fully saturated rings. The second kappa shape index (κ2) is 5.55. The first kappa shape index (κ1) is 10.9. The van der Waals surface area contributed by atoms with Crippen molar-refractivity contribution in [3.05, 3.63) is 35.9 Å². The Morgan fingerprint density at radius 1 is 1.36 bits per heavy atom. The SMILES string of the molecule is CC(CCCO)C(=O)c1ccccc1. The highest BCUT2D eigenvalue weighted by Gasteiger charge is 2.13. The first-order valence-corrected chi connectivity index (χ1v) is 4.96. The van der Waals surface area contributed by atoms with Crippen molar-refractivity contribution in [3.63, 3.8) is 0 Å². The Kier molecular flexibility index (Phi) is 4.33. The van der Waals surface area contributed by atoms with Crippen molar-refractivity contribution in [2.45, 2.75) is 19.8 Å². The maximum Gasteiger partial charge on any atom is 0.165 e. The van der Waals surface area contributed by atoms with Crippen LogP contribution in [0.4, 0.5) is 0 Å². The van der Waals surface area contributed by atoms with E-state index in [1.165, 1.54) is 0 Å². The van der Waals surface area contributed by atoms with Gasteiger partial charge in [0.05, 0.1) is 0 Å². The van der Waals surface area contributed by atoms with E-state index in [2.05, 4.69) is 0 Å². The largest absolute Gasteiger partial charge is 0.396 e. The fourth-order valence-electron chi connectivity index (χ4n) is 1.42. The molecule has 14 heavy (non-hydrogen) atoms. The van der Waals surface area contributed by atoms with Gasteiger partial charge >= 0.3 is 0 Å². The van der Waals surface area contributed by atoms with E-state index in [4.69, 9.17) is 5.11 Å². The van der Waals surface area contributed by atoms with Gasteiger partial charge in [-0.2, -0.15) is 0 Å². The number of hydrogen-bond donors (Lipinski definition) is 1. The standard InChI is InChI=1S/C12H16O2/c1-10(6-5-9-13)12(14)11-7-3-2-4-8-11/h2-4,7-8,10,13H,5-6,9H2,1H3. The summed E-state index contributed by atoms with van der Waals surface area (Å²) < 4.78 is 0. The molecule has 2 heteroatoms. The zero-order valence-electron chi connectivity index (χ0n) is 8.44.